The average molecular weight is 465 g/mol. The fraction of sp³-hybridized carbons (Fsp3) is 0.583. The predicted molar refractivity (Wildman–Crippen MR) is 127 cm³/mol. The van der Waals surface area contributed by atoms with E-state index >= 15 is 0 Å². The summed E-state index contributed by atoms with van der Waals surface area (Å²) in [6.45, 7) is 10.7. The van der Waals surface area contributed by atoms with Crippen molar-refractivity contribution in [1.82, 2.24) is 0 Å². The molecule has 0 heterocycles. The van der Waals surface area contributed by atoms with Crippen molar-refractivity contribution in [2.45, 2.75) is 70.7 Å². The number of carbonyl (C=O) groups is 2. The molecule has 0 aromatic heterocycles. The van der Waals surface area contributed by atoms with Crippen molar-refractivity contribution in [2.75, 3.05) is 21.3 Å². The molecule has 0 unspecified atom stereocenters. The molecule has 0 saturated heterocycles. The smallest absolute Gasteiger partial charge is 0.303 e. The zero-order chi connectivity index (χ0) is 24.7. The van der Waals surface area contributed by atoms with Crippen LogP contribution in [0.4, 0.5) is 0 Å². The van der Waals surface area contributed by atoms with Gasteiger partial charge in [-0.3, -0.25) is 9.59 Å². The molecule has 1 N–H and O–H groups in total. The van der Waals surface area contributed by atoms with Gasteiger partial charge in [0.1, 0.15) is 6.10 Å². The number of benzene rings is 1. The number of Topliss-reactive ketones (excluding diaryl/α,β-unsaturated/α-hetero) is 1. The van der Waals surface area contributed by atoms with Gasteiger partial charge < -0.3 is 23.7 Å². The zero-order valence-corrected chi connectivity index (χ0v) is 21.5. The van der Waals surface area contributed by atoms with Crippen LogP contribution in [0.2, 0.25) is 18.1 Å². The number of aliphatic carboxylic acids is 1. The maximum atomic E-state index is 12.9. The molecular formula is C24H36O7Si. The summed E-state index contributed by atoms with van der Waals surface area (Å²) in [5.41, 5.74) is 0.934. The number of ether oxygens (including phenoxy) is 3. The number of rotatable bonds is 12. The van der Waals surface area contributed by atoms with Crippen LogP contribution in [0.3, 0.4) is 0 Å². The first kappa shape index (κ1) is 27.5. The second kappa shape index (κ2) is 11.4. The van der Waals surface area contributed by atoms with Crippen LogP contribution in [0.15, 0.2) is 6.07 Å². The first-order valence-electron chi connectivity index (χ1n) is 10.5. The monoisotopic (exact) mass is 464 g/mol. The molecule has 1 rings (SSSR count). The largest absolute Gasteiger partial charge is 0.493 e. The molecule has 178 valence electrons. The van der Waals surface area contributed by atoms with Gasteiger partial charge in [-0.2, -0.15) is 0 Å². The SMILES string of the molecule is C#C[C@@H](CCc1c(C(=O)CCC(=O)O)cc(OC)c(OC)c1OC)O[Si](C)(C)C(C)(C)C. The summed E-state index contributed by atoms with van der Waals surface area (Å²) in [7, 11) is 2.34. The number of carboxylic acids is 1. The fourth-order valence-electron chi connectivity index (χ4n) is 3.05. The van der Waals surface area contributed by atoms with Crippen LogP contribution >= 0.6 is 0 Å². The molecule has 0 aliphatic carbocycles. The second-order valence-electron chi connectivity index (χ2n) is 9.06. The first-order valence-corrected chi connectivity index (χ1v) is 13.4. The van der Waals surface area contributed by atoms with Crippen LogP contribution in [0.5, 0.6) is 17.2 Å². The molecule has 0 amide bonds. The fourth-order valence-corrected chi connectivity index (χ4v) is 4.30. The molecule has 1 aromatic carbocycles. The van der Waals surface area contributed by atoms with Gasteiger partial charge in [0.15, 0.2) is 25.6 Å². The van der Waals surface area contributed by atoms with Crippen LogP contribution in [0.25, 0.3) is 0 Å². The summed E-state index contributed by atoms with van der Waals surface area (Å²) in [6, 6.07) is 1.57. The molecule has 7 nitrogen and oxygen atoms in total. The molecule has 0 aliphatic rings. The van der Waals surface area contributed by atoms with E-state index in [1.54, 1.807) is 6.07 Å². The number of carboxylic acid groups (broad SMARTS) is 1. The van der Waals surface area contributed by atoms with Gasteiger partial charge in [0.05, 0.1) is 27.8 Å². The molecule has 32 heavy (non-hydrogen) atoms. The van der Waals surface area contributed by atoms with Crippen molar-refractivity contribution in [2.24, 2.45) is 0 Å². The summed E-state index contributed by atoms with van der Waals surface area (Å²) in [4.78, 5) is 23.9. The highest BCUT2D eigenvalue weighted by Crippen LogP contribution is 2.43. The van der Waals surface area contributed by atoms with Gasteiger partial charge >= 0.3 is 5.97 Å². The van der Waals surface area contributed by atoms with E-state index in [0.717, 1.165) is 0 Å². The van der Waals surface area contributed by atoms with Crippen molar-refractivity contribution < 1.29 is 33.3 Å². The van der Waals surface area contributed by atoms with E-state index in [1.807, 2.05) is 0 Å². The molecule has 0 aliphatic heterocycles. The molecule has 0 saturated carbocycles. The first-order chi connectivity index (χ1) is 14.8. The Labute approximate surface area is 192 Å². The molecular weight excluding hydrogens is 428 g/mol. The highest BCUT2D eigenvalue weighted by Gasteiger charge is 2.39. The Hall–Kier alpha value is -2.50. The van der Waals surface area contributed by atoms with Crippen molar-refractivity contribution in [3.63, 3.8) is 0 Å². The highest BCUT2D eigenvalue weighted by atomic mass is 28.4. The van der Waals surface area contributed by atoms with Crippen molar-refractivity contribution in [1.29, 1.82) is 0 Å². The Kier molecular flexibility index (Phi) is 9.80. The van der Waals surface area contributed by atoms with Crippen LogP contribution < -0.4 is 14.2 Å². The van der Waals surface area contributed by atoms with Gasteiger partial charge in [0.25, 0.3) is 0 Å². The zero-order valence-electron chi connectivity index (χ0n) is 20.5. The maximum Gasteiger partial charge on any atom is 0.303 e. The molecule has 1 atom stereocenters. The third-order valence-electron chi connectivity index (χ3n) is 5.88. The van der Waals surface area contributed by atoms with Gasteiger partial charge in [-0.15, -0.1) is 6.42 Å². The Morgan fingerprint density at radius 3 is 2.12 bits per heavy atom. The van der Waals surface area contributed by atoms with E-state index in [4.69, 9.17) is 30.2 Å². The Morgan fingerprint density at radius 2 is 1.69 bits per heavy atom. The minimum atomic E-state index is -2.09. The van der Waals surface area contributed by atoms with Gasteiger partial charge in [0, 0.05) is 17.5 Å². The lowest BCUT2D eigenvalue weighted by molar-refractivity contribution is -0.136. The standard InChI is InChI=1S/C24H36O7Si/c1-10-16(31-32(8,9)24(2,3)4)11-12-17-18(19(25)13-14-21(26)27)15-20(28-5)23(30-7)22(17)29-6/h1,15-16H,11-14H2,2-9H3,(H,26,27)/t16-/m0/s1. The number of hydrogen-bond donors (Lipinski definition) is 1. The third-order valence-corrected chi connectivity index (χ3v) is 10.4. The van der Waals surface area contributed by atoms with Gasteiger partial charge in [-0.1, -0.05) is 26.7 Å². The lowest BCUT2D eigenvalue weighted by Crippen LogP contribution is -2.43. The van der Waals surface area contributed by atoms with E-state index < -0.39 is 20.4 Å². The van der Waals surface area contributed by atoms with Crippen molar-refractivity contribution >= 4 is 20.1 Å². The minimum Gasteiger partial charge on any atom is -0.493 e. The lowest BCUT2D eigenvalue weighted by Gasteiger charge is -2.38. The number of terminal acetylenes is 1. The number of hydrogen-bond acceptors (Lipinski definition) is 6. The number of methoxy groups -OCH3 is 3. The maximum absolute atomic E-state index is 12.9. The lowest BCUT2D eigenvalue weighted by atomic mass is 9.94. The van der Waals surface area contributed by atoms with Crippen LogP contribution in [0, 0.1) is 12.3 Å². The van der Waals surface area contributed by atoms with Crippen LogP contribution in [0.1, 0.15) is 56.0 Å². The number of ketones is 1. The van der Waals surface area contributed by atoms with E-state index in [-0.39, 0.29) is 23.7 Å². The second-order valence-corrected chi connectivity index (χ2v) is 13.8. The summed E-state index contributed by atoms with van der Waals surface area (Å²) < 4.78 is 22.8. The number of carbonyl (C=O) groups excluding carboxylic acids is 1. The summed E-state index contributed by atoms with van der Waals surface area (Å²) >= 11 is 0. The van der Waals surface area contributed by atoms with Crippen LogP contribution in [-0.2, 0) is 15.6 Å². The minimum absolute atomic E-state index is 0.00107. The summed E-state index contributed by atoms with van der Waals surface area (Å²) in [6.07, 6.45) is 5.79. The topological polar surface area (TPSA) is 91.3 Å². The molecule has 8 heteroatoms. The molecule has 0 spiro atoms. The molecule has 0 bridgehead atoms. The van der Waals surface area contributed by atoms with Crippen molar-refractivity contribution in [3.05, 3.63) is 17.2 Å². The van der Waals surface area contributed by atoms with E-state index in [9.17, 15) is 9.59 Å². The van der Waals surface area contributed by atoms with Gasteiger partial charge in [-0.25, -0.2) is 0 Å². The average Bonchev–Trinajstić information content (AvgIpc) is 2.72. The van der Waals surface area contributed by atoms with Gasteiger partial charge in [-0.05, 0) is 37.0 Å². The van der Waals surface area contributed by atoms with E-state index in [0.29, 0.717) is 41.2 Å². The summed E-state index contributed by atoms with van der Waals surface area (Å²) in [5.74, 6) is 2.44. The van der Waals surface area contributed by atoms with Gasteiger partial charge in [0.2, 0.25) is 5.75 Å². The van der Waals surface area contributed by atoms with E-state index in [1.165, 1.54) is 21.3 Å². The Bertz CT molecular complexity index is 863. The van der Waals surface area contributed by atoms with Crippen LogP contribution in [-0.4, -0.2) is 52.6 Å². The Morgan fingerprint density at radius 1 is 1.09 bits per heavy atom. The highest BCUT2D eigenvalue weighted by molar-refractivity contribution is 6.74. The molecule has 1 aromatic rings. The third kappa shape index (κ3) is 6.75. The molecule has 0 radical (unpaired) electrons. The normalized spacial score (nSPS) is 12.6. The quantitative estimate of drug-likeness (QED) is 0.272. The Balaban J connectivity index is 3.37. The summed E-state index contributed by atoms with van der Waals surface area (Å²) in [5, 5.41) is 8.99. The molecule has 0 fully saturated rings. The van der Waals surface area contributed by atoms with Crippen molar-refractivity contribution in [3.8, 4) is 29.6 Å². The van der Waals surface area contributed by atoms with E-state index in [2.05, 4.69) is 39.8 Å². The predicted octanol–water partition coefficient (Wildman–Crippen LogP) is 4.72.